The van der Waals surface area contributed by atoms with Crippen LogP contribution >= 0.6 is 0 Å². The van der Waals surface area contributed by atoms with Crippen LogP contribution in [0.3, 0.4) is 0 Å². The summed E-state index contributed by atoms with van der Waals surface area (Å²) in [6.45, 7) is 5.64. The van der Waals surface area contributed by atoms with E-state index in [1.807, 2.05) is 13.8 Å². The molecular formula is C18H29N3O4. The summed E-state index contributed by atoms with van der Waals surface area (Å²) < 4.78 is 12.8. The Balaban J connectivity index is 1.83. The largest absolute Gasteiger partial charge is 0.396 e. The summed E-state index contributed by atoms with van der Waals surface area (Å²) in [6, 6.07) is 0. The Morgan fingerprint density at radius 3 is 2.84 bits per heavy atom. The average molecular weight is 351 g/mol. The minimum Gasteiger partial charge on any atom is -0.396 e. The monoisotopic (exact) mass is 351 g/mol. The van der Waals surface area contributed by atoms with E-state index in [9.17, 15) is 9.90 Å². The molecule has 2 aliphatic rings. The van der Waals surface area contributed by atoms with Gasteiger partial charge in [-0.1, -0.05) is 6.42 Å². The highest BCUT2D eigenvalue weighted by atomic mass is 16.5. The molecule has 0 aromatic carbocycles. The third-order valence-corrected chi connectivity index (χ3v) is 5.49. The van der Waals surface area contributed by atoms with E-state index in [1.54, 1.807) is 11.8 Å². The number of hydrogen-bond acceptors (Lipinski definition) is 5. The first-order valence-corrected chi connectivity index (χ1v) is 9.13. The van der Waals surface area contributed by atoms with Crippen LogP contribution in [0.4, 0.5) is 0 Å². The zero-order valence-corrected chi connectivity index (χ0v) is 15.4. The molecule has 2 N–H and O–H groups in total. The molecule has 0 bridgehead atoms. The van der Waals surface area contributed by atoms with E-state index >= 15 is 0 Å². The number of methoxy groups -OCH3 is 1. The Bertz CT molecular complexity index is 619. The van der Waals surface area contributed by atoms with Crippen molar-refractivity contribution in [2.75, 3.05) is 26.9 Å². The Morgan fingerprint density at radius 1 is 1.48 bits per heavy atom. The molecule has 7 nitrogen and oxygen atoms in total. The summed E-state index contributed by atoms with van der Waals surface area (Å²) in [5.74, 6) is -0.120. The van der Waals surface area contributed by atoms with Crippen LogP contribution in [0.5, 0.6) is 0 Å². The number of aliphatic hydroxyl groups is 1. The quantitative estimate of drug-likeness (QED) is 0.776. The fourth-order valence-corrected chi connectivity index (χ4v) is 3.81. The van der Waals surface area contributed by atoms with Gasteiger partial charge in [-0.05, 0) is 26.7 Å². The highest BCUT2D eigenvalue weighted by molar-refractivity contribution is 5.94. The predicted octanol–water partition coefficient (Wildman–Crippen LogP) is 1.44. The van der Waals surface area contributed by atoms with Crippen molar-refractivity contribution in [3.8, 4) is 0 Å². The topological polar surface area (TPSA) is 85.6 Å². The molecule has 1 fully saturated rings. The molecule has 2 heterocycles. The maximum atomic E-state index is 12.9. The minimum atomic E-state index is -0.142. The average Bonchev–Trinajstić information content (AvgIpc) is 2.90. The Labute approximate surface area is 148 Å². The van der Waals surface area contributed by atoms with Gasteiger partial charge in [-0.3, -0.25) is 9.48 Å². The van der Waals surface area contributed by atoms with Gasteiger partial charge < -0.3 is 19.9 Å². The predicted molar refractivity (Wildman–Crippen MR) is 92.5 cm³/mol. The van der Waals surface area contributed by atoms with Gasteiger partial charge in [0.25, 0.3) is 5.91 Å². The number of ether oxygens (including phenoxy) is 2. The van der Waals surface area contributed by atoms with Gasteiger partial charge in [0.2, 0.25) is 0 Å². The van der Waals surface area contributed by atoms with Gasteiger partial charge >= 0.3 is 0 Å². The van der Waals surface area contributed by atoms with Crippen LogP contribution in [0.1, 0.15) is 61.0 Å². The molecule has 0 radical (unpaired) electrons. The van der Waals surface area contributed by atoms with Gasteiger partial charge in [-0.15, -0.1) is 0 Å². The van der Waals surface area contributed by atoms with Crippen LogP contribution in [-0.2, 0) is 22.4 Å². The number of rotatable bonds is 7. The lowest BCUT2D eigenvalue weighted by Gasteiger charge is -2.40. The van der Waals surface area contributed by atoms with E-state index in [4.69, 9.17) is 9.47 Å². The lowest BCUT2D eigenvalue weighted by atomic mass is 9.69. The van der Waals surface area contributed by atoms with Crippen LogP contribution in [-0.4, -0.2) is 53.8 Å². The zero-order chi connectivity index (χ0) is 18.0. The van der Waals surface area contributed by atoms with Crippen molar-refractivity contribution in [1.29, 1.82) is 0 Å². The third-order valence-electron chi connectivity index (χ3n) is 5.49. The summed E-state index contributed by atoms with van der Waals surface area (Å²) in [4.78, 5) is 12.9. The summed E-state index contributed by atoms with van der Waals surface area (Å²) in [5.41, 5.74) is 2.30. The first-order chi connectivity index (χ1) is 12.0. The van der Waals surface area contributed by atoms with Crippen molar-refractivity contribution in [2.24, 2.45) is 5.41 Å². The number of aromatic nitrogens is 2. The molecule has 0 spiro atoms. The highest BCUT2D eigenvalue weighted by Crippen LogP contribution is 2.39. The number of amides is 1. The zero-order valence-electron chi connectivity index (χ0n) is 15.4. The van der Waals surface area contributed by atoms with Crippen LogP contribution in [0.25, 0.3) is 0 Å². The van der Waals surface area contributed by atoms with Crippen LogP contribution < -0.4 is 5.32 Å². The molecule has 1 aromatic rings. The van der Waals surface area contributed by atoms with Gasteiger partial charge in [-0.25, -0.2) is 0 Å². The molecule has 0 saturated heterocycles. The summed E-state index contributed by atoms with van der Waals surface area (Å²) >= 11 is 0. The molecule has 3 rings (SSSR count). The molecule has 1 saturated carbocycles. The number of hydrogen-bond donors (Lipinski definition) is 2. The Morgan fingerprint density at radius 2 is 2.24 bits per heavy atom. The van der Waals surface area contributed by atoms with Gasteiger partial charge in [0.05, 0.1) is 37.7 Å². The molecule has 0 unspecified atom stereocenters. The van der Waals surface area contributed by atoms with E-state index in [-0.39, 0.29) is 30.1 Å². The number of fused-ring (bicyclic) bond motifs is 1. The number of nitrogens with zero attached hydrogens (tertiary/aromatic N) is 2. The molecule has 25 heavy (non-hydrogen) atoms. The third kappa shape index (κ3) is 3.59. The Kier molecular flexibility index (Phi) is 5.46. The molecule has 1 aliphatic heterocycles. The number of carbonyl (C=O) groups is 1. The number of nitrogens with one attached hydrogen (secondary N) is 1. The van der Waals surface area contributed by atoms with Crippen molar-refractivity contribution in [1.82, 2.24) is 15.1 Å². The maximum Gasteiger partial charge on any atom is 0.269 e. The summed E-state index contributed by atoms with van der Waals surface area (Å²) in [7, 11) is 1.64. The molecule has 1 amide bonds. The fraction of sp³-hybridized carbons (Fsp3) is 0.778. The maximum absolute atomic E-state index is 12.9. The van der Waals surface area contributed by atoms with Crippen LogP contribution in [0.2, 0.25) is 0 Å². The standard InChI is InChI=1S/C18H29N3O4/c1-12-9-14-15(13(2)25-12)20-21(7-8-24-3)16(14)17(23)19-10-18(11-22)5-4-6-18/h12-13,22H,4-11H2,1-3H3,(H,19,23)/t12-,13+/m0/s1. The van der Waals surface area contributed by atoms with Gasteiger partial charge in [0, 0.05) is 31.1 Å². The van der Waals surface area contributed by atoms with E-state index in [2.05, 4.69) is 10.4 Å². The first-order valence-electron chi connectivity index (χ1n) is 9.13. The van der Waals surface area contributed by atoms with Crippen molar-refractivity contribution in [3.63, 3.8) is 0 Å². The van der Waals surface area contributed by atoms with Gasteiger partial charge in [0.15, 0.2) is 0 Å². The molecule has 7 heteroatoms. The number of carbonyl (C=O) groups excluding carboxylic acids is 1. The van der Waals surface area contributed by atoms with Crippen molar-refractivity contribution >= 4 is 5.91 Å². The van der Waals surface area contributed by atoms with E-state index in [0.29, 0.717) is 31.8 Å². The van der Waals surface area contributed by atoms with Gasteiger partial charge in [0.1, 0.15) is 5.69 Å². The van der Waals surface area contributed by atoms with E-state index in [1.165, 1.54) is 0 Å². The molecule has 1 aliphatic carbocycles. The van der Waals surface area contributed by atoms with Crippen LogP contribution in [0, 0.1) is 5.41 Å². The lowest BCUT2D eigenvalue weighted by molar-refractivity contribution is -0.00717. The molecule has 1 aromatic heterocycles. The van der Waals surface area contributed by atoms with Crippen molar-refractivity contribution in [3.05, 3.63) is 17.0 Å². The fourth-order valence-electron chi connectivity index (χ4n) is 3.81. The smallest absolute Gasteiger partial charge is 0.269 e. The van der Waals surface area contributed by atoms with Crippen LogP contribution in [0.15, 0.2) is 0 Å². The molecular weight excluding hydrogens is 322 g/mol. The second kappa shape index (κ2) is 7.43. The summed E-state index contributed by atoms with van der Waals surface area (Å²) in [6.07, 6.45) is 3.67. The minimum absolute atomic E-state index is 0.0598. The Hall–Kier alpha value is -1.44. The first kappa shape index (κ1) is 18.4. The van der Waals surface area contributed by atoms with Gasteiger partial charge in [-0.2, -0.15) is 5.10 Å². The van der Waals surface area contributed by atoms with Crippen molar-refractivity contribution < 1.29 is 19.4 Å². The van der Waals surface area contributed by atoms with Crippen molar-refractivity contribution in [2.45, 2.75) is 58.3 Å². The van der Waals surface area contributed by atoms with E-state index < -0.39 is 0 Å². The SMILES string of the molecule is COCCn1nc2c(c1C(=O)NCC1(CO)CCC1)C[C@H](C)O[C@@H]2C. The molecule has 2 atom stereocenters. The lowest BCUT2D eigenvalue weighted by Crippen LogP contribution is -2.45. The van der Waals surface area contributed by atoms with E-state index in [0.717, 1.165) is 30.5 Å². The highest BCUT2D eigenvalue weighted by Gasteiger charge is 2.38. The second-order valence-electron chi connectivity index (χ2n) is 7.42. The second-order valence-corrected chi connectivity index (χ2v) is 7.42. The normalized spacial score (nSPS) is 24.5. The molecule has 140 valence electrons. The number of aliphatic hydroxyl groups excluding tert-OH is 1. The summed E-state index contributed by atoms with van der Waals surface area (Å²) in [5, 5.41) is 17.3.